The zero-order valence-corrected chi connectivity index (χ0v) is 10.5. The van der Waals surface area contributed by atoms with Crippen molar-refractivity contribution < 1.29 is 4.74 Å². The van der Waals surface area contributed by atoms with Crippen molar-refractivity contribution in [1.82, 2.24) is 15.3 Å². The fourth-order valence-electron chi connectivity index (χ4n) is 2.10. The summed E-state index contributed by atoms with van der Waals surface area (Å²) in [5, 5.41) is 3.31. The first-order valence-corrected chi connectivity index (χ1v) is 6.33. The summed E-state index contributed by atoms with van der Waals surface area (Å²) in [6.45, 7) is 2.50. The van der Waals surface area contributed by atoms with Crippen molar-refractivity contribution in [2.45, 2.75) is 6.10 Å². The number of nitrogens with two attached hydrogens (primary N) is 1. The van der Waals surface area contributed by atoms with Crippen LogP contribution < -0.4 is 11.1 Å². The monoisotopic (exact) mass is 256 g/mol. The summed E-state index contributed by atoms with van der Waals surface area (Å²) in [7, 11) is 0. The van der Waals surface area contributed by atoms with Crippen LogP contribution in [0, 0.1) is 0 Å². The third-order valence-electron chi connectivity index (χ3n) is 3.17. The van der Waals surface area contributed by atoms with E-state index in [9.17, 15) is 0 Å². The minimum Gasteiger partial charge on any atom is -0.384 e. The van der Waals surface area contributed by atoms with E-state index < -0.39 is 0 Å². The molecule has 1 aliphatic heterocycles. The molecule has 1 fully saturated rings. The van der Waals surface area contributed by atoms with Crippen LogP contribution in [-0.2, 0) is 4.74 Å². The molecule has 1 atom stereocenters. The summed E-state index contributed by atoms with van der Waals surface area (Å²) in [6.07, 6.45) is 3.69. The number of nitrogens with zero attached hydrogens (tertiary/aromatic N) is 2. The third-order valence-corrected chi connectivity index (χ3v) is 3.17. The molecule has 0 amide bonds. The largest absolute Gasteiger partial charge is 0.384 e. The molecule has 3 heterocycles. The van der Waals surface area contributed by atoms with Crippen molar-refractivity contribution in [2.24, 2.45) is 0 Å². The fraction of sp³-hybridized carbons (Fsp3) is 0.286. The zero-order chi connectivity index (χ0) is 13.1. The van der Waals surface area contributed by atoms with Gasteiger partial charge in [-0.05, 0) is 18.2 Å². The molecule has 19 heavy (non-hydrogen) atoms. The number of nitrogen functional groups attached to an aromatic ring is 1. The van der Waals surface area contributed by atoms with Crippen LogP contribution >= 0.6 is 0 Å². The Morgan fingerprint density at radius 3 is 2.74 bits per heavy atom. The fourth-order valence-corrected chi connectivity index (χ4v) is 2.10. The molecule has 5 heteroatoms. The van der Waals surface area contributed by atoms with Crippen molar-refractivity contribution in [3.63, 3.8) is 0 Å². The molecule has 98 valence electrons. The van der Waals surface area contributed by atoms with Gasteiger partial charge < -0.3 is 15.8 Å². The Labute approximate surface area is 111 Å². The van der Waals surface area contributed by atoms with Gasteiger partial charge in [0.15, 0.2) is 0 Å². The Morgan fingerprint density at radius 2 is 2.11 bits per heavy atom. The molecule has 0 aliphatic carbocycles. The number of hydrogen-bond donors (Lipinski definition) is 2. The second kappa shape index (κ2) is 5.34. The summed E-state index contributed by atoms with van der Waals surface area (Å²) >= 11 is 0. The van der Waals surface area contributed by atoms with Crippen LogP contribution in [0.5, 0.6) is 0 Å². The smallest absolute Gasteiger partial charge is 0.123 e. The first-order valence-electron chi connectivity index (χ1n) is 6.33. The van der Waals surface area contributed by atoms with Gasteiger partial charge in [0.2, 0.25) is 0 Å². The van der Waals surface area contributed by atoms with Gasteiger partial charge in [-0.3, -0.25) is 4.98 Å². The molecule has 1 saturated heterocycles. The van der Waals surface area contributed by atoms with E-state index in [0.717, 1.165) is 36.5 Å². The Bertz CT molecular complexity index is 532. The number of nitrogens with one attached hydrogen (secondary N) is 1. The minimum absolute atomic E-state index is 0.0971. The maximum atomic E-state index is 5.69. The summed E-state index contributed by atoms with van der Waals surface area (Å²) in [5.41, 5.74) is 8.52. The van der Waals surface area contributed by atoms with Gasteiger partial charge in [0.25, 0.3) is 0 Å². The van der Waals surface area contributed by atoms with E-state index in [4.69, 9.17) is 10.5 Å². The van der Waals surface area contributed by atoms with Gasteiger partial charge in [-0.1, -0.05) is 6.07 Å². The Hall–Kier alpha value is -1.98. The summed E-state index contributed by atoms with van der Waals surface area (Å²) in [4.78, 5) is 8.54. The highest BCUT2D eigenvalue weighted by Crippen LogP contribution is 2.21. The lowest BCUT2D eigenvalue weighted by atomic mass is 10.1. The van der Waals surface area contributed by atoms with E-state index in [-0.39, 0.29) is 6.10 Å². The standard InChI is InChI=1S/C14H16N4O/c15-14-4-2-10(7-18-14)12-3-1-11(8-17-12)13-9-16-5-6-19-13/h1-4,7-8,13,16H,5-6,9H2,(H2,15,18). The van der Waals surface area contributed by atoms with Gasteiger partial charge in [0.1, 0.15) is 5.82 Å². The summed E-state index contributed by atoms with van der Waals surface area (Å²) in [5.74, 6) is 0.516. The number of anilines is 1. The molecule has 3 rings (SSSR count). The van der Waals surface area contributed by atoms with Gasteiger partial charge in [-0.15, -0.1) is 0 Å². The SMILES string of the molecule is Nc1ccc(-c2ccc(C3CNCCO3)cn2)cn1. The Balaban J connectivity index is 1.80. The van der Waals surface area contributed by atoms with Crippen LogP contribution in [0.3, 0.4) is 0 Å². The lowest BCUT2D eigenvalue weighted by Gasteiger charge is -2.23. The van der Waals surface area contributed by atoms with Crippen LogP contribution in [0.1, 0.15) is 11.7 Å². The van der Waals surface area contributed by atoms with Crippen LogP contribution in [0.2, 0.25) is 0 Å². The van der Waals surface area contributed by atoms with E-state index in [2.05, 4.69) is 21.4 Å². The molecule has 0 radical (unpaired) electrons. The van der Waals surface area contributed by atoms with Crippen molar-refractivity contribution in [3.8, 4) is 11.3 Å². The second-order valence-electron chi connectivity index (χ2n) is 4.51. The quantitative estimate of drug-likeness (QED) is 0.849. The molecular formula is C14H16N4O. The average molecular weight is 256 g/mol. The van der Waals surface area contributed by atoms with Crippen molar-refractivity contribution in [1.29, 1.82) is 0 Å². The zero-order valence-electron chi connectivity index (χ0n) is 10.5. The highest BCUT2D eigenvalue weighted by atomic mass is 16.5. The van der Waals surface area contributed by atoms with Gasteiger partial charge in [0.05, 0.1) is 18.4 Å². The number of ether oxygens (including phenoxy) is 1. The first kappa shape index (κ1) is 12.1. The predicted octanol–water partition coefficient (Wildman–Crippen LogP) is 1.39. The van der Waals surface area contributed by atoms with Gasteiger partial charge in [0, 0.05) is 36.6 Å². The van der Waals surface area contributed by atoms with Crippen LogP contribution in [0.15, 0.2) is 36.7 Å². The average Bonchev–Trinajstić information content (AvgIpc) is 2.49. The maximum Gasteiger partial charge on any atom is 0.123 e. The summed E-state index contributed by atoms with van der Waals surface area (Å²) < 4.78 is 5.69. The third kappa shape index (κ3) is 2.72. The number of aromatic nitrogens is 2. The molecule has 2 aromatic heterocycles. The first-order chi connectivity index (χ1) is 9.33. The normalized spacial score (nSPS) is 19.3. The lowest BCUT2D eigenvalue weighted by Crippen LogP contribution is -2.33. The van der Waals surface area contributed by atoms with E-state index in [1.807, 2.05) is 18.3 Å². The number of pyridine rings is 2. The van der Waals surface area contributed by atoms with Crippen molar-refractivity contribution in [3.05, 3.63) is 42.2 Å². The summed E-state index contributed by atoms with van der Waals surface area (Å²) in [6, 6.07) is 7.74. The molecule has 1 aliphatic rings. The lowest BCUT2D eigenvalue weighted by molar-refractivity contribution is 0.0275. The van der Waals surface area contributed by atoms with E-state index in [0.29, 0.717) is 5.82 Å². The molecule has 0 bridgehead atoms. The number of hydrogen-bond acceptors (Lipinski definition) is 5. The van der Waals surface area contributed by atoms with Crippen LogP contribution in [0.25, 0.3) is 11.3 Å². The molecular weight excluding hydrogens is 240 g/mol. The van der Waals surface area contributed by atoms with Crippen molar-refractivity contribution >= 4 is 5.82 Å². The molecule has 0 saturated carbocycles. The van der Waals surface area contributed by atoms with Crippen molar-refractivity contribution in [2.75, 3.05) is 25.4 Å². The molecule has 1 unspecified atom stereocenters. The molecule has 2 aromatic rings. The number of rotatable bonds is 2. The molecule has 5 nitrogen and oxygen atoms in total. The minimum atomic E-state index is 0.0971. The number of morpholine rings is 1. The Morgan fingerprint density at radius 1 is 1.16 bits per heavy atom. The Kier molecular flexibility index (Phi) is 3.39. The van der Waals surface area contributed by atoms with E-state index in [1.165, 1.54) is 0 Å². The van der Waals surface area contributed by atoms with E-state index in [1.54, 1.807) is 12.3 Å². The molecule has 0 aromatic carbocycles. The van der Waals surface area contributed by atoms with Gasteiger partial charge >= 0.3 is 0 Å². The van der Waals surface area contributed by atoms with Gasteiger partial charge in [-0.25, -0.2) is 4.98 Å². The van der Waals surface area contributed by atoms with Gasteiger partial charge in [-0.2, -0.15) is 0 Å². The highest BCUT2D eigenvalue weighted by Gasteiger charge is 2.15. The molecule has 3 N–H and O–H groups in total. The molecule has 0 spiro atoms. The second-order valence-corrected chi connectivity index (χ2v) is 4.51. The maximum absolute atomic E-state index is 5.69. The van der Waals surface area contributed by atoms with Crippen LogP contribution in [0.4, 0.5) is 5.82 Å². The predicted molar refractivity (Wildman–Crippen MR) is 73.4 cm³/mol. The van der Waals surface area contributed by atoms with Crippen LogP contribution in [-0.4, -0.2) is 29.7 Å². The topological polar surface area (TPSA) is 73.1 Å². The van der Waals surface area contributed by atoms with E-state index >= 15 is 0 Å². The highest BCUT2D eigenvalue weighted by molar-refractivity contribution is 5.59.